The molecule has 0 saturated carbocycles. The average molecular weight is 136 g/mol. The summed E-state index contributed by atoms with van der Waals surface area (Å²) in [5.74, 6) is 0. The Bertz CT molecular complexity index is 149. The van der Waals surface area contributed by atoms with Gasteiger partial charge in [0.2, 0.25) is 0 Å². The number of hydrogen-bond acceptors (Lipinski definition) is 0. The van der Waals surface area contributed by atoms with Crippen LogP contribution in [0.1, 0.15) is 33.1 Å². The molecule has 10 heavy (non-hydrogen) atoms. The summed E-state index contributed by atoms with van der Waals surface area (Å²) in [5.41, 5.74) is 0.515. The smallest absolute Gasteiger partial charge is 0.0296 e. The fourth-order valence-corrected chi connectivity index (χ4v) is 1.22. The van der Waals surface area contributed by atoms with Crippen molar-refractivity contribution in [3.63, 3.8) is 0 Å². The zero-order valence-corrected chi connectivity index (χ0v) is 6.93. The van der Waals surface area contributed by atoms with E-state index < -0.39 is 0 Å². The average Bonchev–Trinajstić information content (AvgIpc) is 1.81. The molecule has 1 rings (SSSR count). The van der Waals surface area contributed by atoms with E-state index in [9.17, 15) is 0 Å². The van der Waals surface area contributed by atoms with Crippen LogP contribution in [0.5, 0.6) is 0 Å². The summed E-state index contributed by atoms with van der Waals surface area (Å²) in [6, 6.07) is 0. The first-order valence-electron chi connectivity index (χ1n) is 4.02. The third-order valence-electron chi connectivity index (χ3n) is 2.04. The summed E-state index contributed by atoms with van der Waals surface area (Å²) in [6.45, 7) is 4.66. The standard InChI is InChI=1S/C10H16/c1-10(2)8-6-4-3-5-7-9-10/h3-6H,7-9H2,1-2H3. The second kappa shape index (κ2) is 3.05. The molecule has 0 aliphatic heterocycles. The van der Waals surface area contributed by atoms with Crippen LogP contribution in [0.25, 0.3) is 0 Å². The largest absolute Gasteiger partial charge is 0.0845 e. The molecule has 0 unspecified atom stereocenters. The van der Waals surface area contributed by atoms with Crippen molar-refractivity contribution in [3.05, 3.63) is 24.3 Å². The molecular formula is C10H16. The molecule has 0 radical (unpaired) electrons. The Morgan fingerprint density at radius 2 is 1.80 bits per heavy atom. The fraction of sp³-hybridized carbons (Fsp3) is 0.600. The second-order valence-corrected chi connectivity index (χ2v) is 3.76. The Balaban J connectivity index is 2.55. The molecule has 0 aromatic heterocycles. The van der Waals surface area contributed by atoms with Gasteiger partial charge in [-0.2, -0.15) is 0 Å². The topological polar surface area (TPSA) is 0 Å². The van der Waals surface area contributed by atoms with Crippen LogP contribution in [0.3, 0.4) is 0 Å². The number of rotatable bonds is 0. The second-order valence-electron chi connectivity index (χ2n) is 3.76. The maximum Gasteiger partial charge on any atom is -0.0296 e. The van der Waals surface area contributed by atoms with Crippen LogP contribution >= 0.6 is 0 Å². The van der Waals surface area contributed by atoms with Crippen LogP contribution in [-0.2, 0) is 0 Å². The van der Waals surface area contributed by atoms with E-state index >= 15 is 0 Å². The van der Waals surface area contributed by atoms with Crippen molar-refractivity contribution < 1.29 is 0 Å². The minimum atomic E-state index is 0.515. The predicted molar refractivity (Wildman–Crippen MR) is 45.9 cm³/mol. The van der Waals surface area contributed by atoms with Gasteiger partial charge >= 0.3 is 0 Å². The van der Waals surface area contributed by atoms with Crippen molar-refractivity contribution in [2.45, 2.75) is 33.1 Å². The summed E-state index contributed by atoms with van der Waals surface area (Å²) in [6.07, 6.45) is 12.6. The maximum absolute atomic E-state index is 2.33. The highest BCUT2D eigenvalue weighted by Crippen LogP contribution is 2.28. The van der Waals surface area contributed by atoms with Gasteiger partial charge in [0.05, 0.1) is 0 Å². The number of hydrogen-bond donors (Lipinski definition) is 0. The molecule has 0 heteroatoms. The molecular weight excluding hydrogens is 120 g/mol. The fourth-order valence-electron chi connectivity index (χ4n) is 1.22. The predicted octanol–water partition coefficient (Wildman–Crippen LogP) is 3.31. The van der Waals surface area contributed by atoms with Crippen LogP contribution in [0.2, 0.25) is 0 Å². The van der Waals surface area contributed by atoms with Crippen molar-refractivity contribution in [1.29, 1.82) is 0 Å². The monoisotopic (exact) mass is 136 g/mol. The van der Waals surface area contributed by atoms with Crippen LogP contribution in [0.15, 0.2) is 24.3 Å². The van der Waals surface area contributed by atoms with E-state index in [0.29, 0.717) is 5.41 Å². The first-order chi connectivity index (χ1) is 4.71. The SMILES string of the molecule is CC1(C)CC=CC=CCC1. The first kappa shape index (κ1) is 7.59. The van der Waals surface area contributed by atoms with E-state index in [1.165, 1.54) is 19.3 Å². The van der Waals surface area contributed by atoms with E-state index in [0.717, 1.165) is 0 Å². The van der Waals surface area contributed by atoms with Crippen LogP contribution < -0.4 is 0 Å². The molecule has 1 aliphatic carbocycles. The van der Waals surface area contributed by atoms with Gasteiger partial charge in [0, 0.05) is 0 Å². The summed E-state index contributed by atoms with van der Waals surface area (Å²) < 4.78 is 0. The van der Waals surface area contributed by atoms with E-state index in [4.69, 9.17) is 0 Å². The zero-order valence-electron chi connectivity index (χ0n) is 6.93. The molecule has 1 aliphatic rings. The minimum absolute atomic E-state index is 0.515. The maximum atomic E-state index is 2.33. The molecule has 0 fully saturated rings. The lowest BCUT2D eigenvalue weighted by Gasteiger charge is -2.22. The van der Waals surface area contributed by atoms with Gasteiger partial charge in [0.1, 0.15) is 0 Å². The van der Waals surface area contributed by atoms with Crippen molar-refractivity contribution in [2.24, 2.45) is 5.41 Å². The highest BCUT2D eigenvalue weighted by molar-refractivity contribution is 5.05. The molecule has 0 saturated heterocycles. The molecule has 0 bridgehead atoms. The normalized spacial score (nSPS) is 23.8. The van der Waals surface area contributed by atoms with E-state index in [1.54, 1.807) is 0 Å². The Hall–Kier alpha value is -0.520. The molecule has 0 atom stereocenters. The van der Waals surface area contributed by atoms with Crippen molar-refractivity contribution in [1.82, 2.24) is 0 Å². The molecule has 0 amide bonds. The van der Waals surface area contributed by atoms with E-state index in [2.05, 4.69) is 38.2 Å². The molecule has 56 valence electrons. The lowest BCUT2D eigenvalue weighted by Crippen LogP contribution is -2.09. The Morgan fingerprint density at radius 3 is 2.60 bits per heavy atom. The van der Waals surface area contributed by atoms with Crippen LogP contribution in [-0.4, -0.2) is 0 Å². The molecule has 0 nitrogen and oxygen atoms in total. The van der Waals surface area contributed by atoms with Gasteiger partial charge in [0.15, 0.2) is 0 Å². The molecule has 0 heterocycles. The van der Waals surface area contributed by atoms with Gasteiger partial charge in [-0.25, -0.2) is 0 Å². The lowest BCUT2D eigenvalue weighted by molar-refractivity contribution is 0.342. The Labute approximate surface area is 63.6 Å². The van der Waals surface area contributed by atoms with Gasteiger partial charge in [-0.1, -0.05) is 38.2 Å². The van der Waals surface area contributed by atoms with Gasteiger partial charge in [-0.3, -0.25) is 0 Å². The highest BCUT2D eigenvalue weighted by atomic mass is 14.2. The summed E-state index contributed by atoms with van der Waals surface area (Å²) in [4.78, 5) is 0. The summed E-state index contributed by atoms with van der Waals surface area (Å²) in [5, 5.41) is 0. The van der Waals surface area contributed by atoms with Crippen molar-refractivity contribution in [2.75, 3.05) is 0 Å². The van der Waals surface area contributed by atoms with Gasteiger partial charge in [0.25, 0.3) is 0 Å². The Morgan fingerprint density at radius 1 is 1.10 bits per heavy atom. The van der Waals surface area contributed by atoms with Crippen molar-refractivity contribution in [3.8, 4) is 0 Å². The first-order valence-corrected chi connectivity index (χ1v) is 4.02. The van der Waals surface area contributed by atoms with Gasteiger partial charge < -0.3 is 0 Å². The zero-order chi connectivity index (χ0) is 7.45. The summed E-state index contributed by atoms with van der Waals surface area (Å²) in [7, 11) is 0. The molecule has 0 aromatic carbocycles. The molecule has 0 spiro atoms. The van der Waals surface area contributed by atoms with E-state index in [-0.39, 0.29) is 0 Å². The van der Waals surface area contributed by atoms with E-state index in [1.807, 2.05) is 0 Å². The molecule has 0 aromatic rings. The Kier molecular flexibility index (Phi) is 2.31. The molecule has 0 N–H and O–H groups in total. The quantitative estimate of drug-likeness (QED) is 0.479. The number of allylic oxidation sites excluding steroid dienone is 4. The van der Waals surface area contributed by atoms with Crippen molar-refractivity contribution >= 4 is 0 Å². The van der Waals surface area contributed by atoms with Gasteiger partial charge in [-0.05, 0) is 24.7 Å². The lowest BCUT2D eigenvalue weighted by atomic mass is 9.83. The van der Waals surface area contributed by atoms with Crippen LogP contribution in [0, 0.1) is 5.41 Å². The van der Waals surface area contributed by atoms with Crippen LogP contribution in [0.4, 0.5) is 0 Å². The summed E-state index contributed by atoms with van der Waals surface area (Å²) >= 11 is 0. The minimum Gasteiger partial charge on any atom is -0.0845 e. The highest BCUT2D eigenvalue weighted by Gasteiger charge is 2.14. The van der Waals surface area contributed by atoms with Gasteiger partial charge in [-0.15, -0.1) is 0 Å². The third-order valence-corrected chi connectivity index (χ3v) is 2.04. The third kappa shape index (κ3) is 2.38.